The number of piperidine rings is 1. The van der Waals surface area contributed by atoms with Crippen molar-refractivity contribution in [2.24, 2.45) is 0 Å². The molecule has 25 heavy (non-hydrogen) atoms. The quantitative estimate of drug-likeness (QED) is 0.726. The van der Waals surface area contributed by atoms with Crippen LogP contribution in [-0.2, 0) is 0 Å². The Labute approximate surface area is 145 Å². The van der Waals surface area contributed by atoms with Gasteiger partial charge < -0.3 is 4.90 Å². The third kappa shape index (κ3) is 3.15. The molecular weight excluding hydrogens is 318 g/mol. The van der Waals surface area contributed by atoms with Crippen molar-refractivity contribution in [1.82, 2.24) is 34.4 Å². The summed E-state index contributed by atoms with van der Waals surface area (Å²) in [7, 11) is 0. The topological polar surface area (TPSA) is 81.7 Å². The lowest BCUT2D eigenvalue weighted by Gasteiger charge is -2.33. The number of rotatable bonds is 3. The van der Waals surface area contributed by atoms with E-state index in [2.05, 4.69) is 20.2 Å². The number of hydrogen-bond donors (Lipinski definition) is 0. The van der Waals surface area contributed by atoms with Crippen LogP contribution in [0.5, 0.6) is 0 Å². The highest BCUT2D eigenvalue weighted by Crippen LogP contribution is 2.23. The Morgan fingerprint density at radius 1 is 1.32 bits per heavy atom. The van der Waals surface area contributed by atoms with Gasteiger partial charge in [-0.1, -0.05) is 0 Å². The van der Waals surface area contributed by atoms with Crippen LogP contribution < -0.4 is 0 Å². The average molecular weight is 337 g/mol. The van der Waals surface area contributed by atoms with Crippen molar-refractivity contribution >= 4 is 5.91 Å². The van der Waals surface area contributed by atoms with Crippen molar-refractivity contribution in [3.05, 3.63) is 54.5 Å². The van der Waals surface area contributed by atoms with Crippen LogP contribution in [0.25, 0.3) is 5.82 Å². The van der Waals surface area contributed by atoms with E-state index in [0.29, 0.717) is 17.9 Å². The van der Waals surface area contributed by atoms with Gasteiger partial charge in [-0.05, 0) is 37.5 Å². The van der Waals surface area contributed by atoms with Crippen LogP contribution in [0, 0.1) is 6.92 Å². The summed E-state index contributed by atoms with van der Waals surface area (Å²) < 4.78 is 3.52. The molecule has 3 aromatic rings. The maximum absolute atomic E-state index is 12.9. The van der Waals surface area contributed by atoms with E-state index in [1.54, 1.807) is 29.3 Å². The fourth-order valence-electron chi connectivity index (χ4n) is 3.17. The monoisotopic (exact) mass is 337 g/mol. The molecule has 0 spiro atoms. The summed E-state index contributed by atoms with van der Waals surface area (Å²) in [6.07, 6.45) is 10.5. The summed E-state index contributed by atoms with van der Waals surface area (Å²) >= 11 is 0. The summed E-state index contributed by atoms with van der Waals surface area (Å²) in [4.78, 5) is 23.0. The third-order valence-electron chi connectivity index (χ3n) is 4.43. The minimum Gasteiger partial charge on any atom is -0.336 e. The Morgan fingerprint density at radius 3 is 3.00 bits per heavy atom. The highest BCUT2D eigenvalue weighted by molar-refractivity contribution is 5.94. The van der Waals surface area contributed by atoms with Gasteiger partial charge in [-0.3, -0.25) is 9.48 Å². The van der Waals surface area contributed by atoms with Crippen LogP contribution in [0.1, 0.15) is 34.8 Å². The summed E-state index contributed by atoms with van der Waals surface area (Å²) in [5.41, 5.74) is 1.74. The molecule has 0 bridgehead atoms. The molecule has 1 amide bonds. The lowest BCUT2D eigenvalue weighted by atomic mass is 10.0. The zero-order chi connectivity index (χ0) is 17.2. The molecule has 4 rings (SSSR count). The molecule has 0 unspecified atom stereocenters. The van der Waals surface area contributed by atoms with Crippen molar-refractivity contribution in [2.45, 2.75) is 25.8 Å². The minimum absolute atomic E-state index is 0.0114. The summed E-state index contributed by atoms with van der Waals surface area (Å²) in [6, 6.07) is 3.71. The number of carbonyl (C=O) groups is 1. The maximum atomic E-state index is 12.9. The van der Waals surface area contributed by atoms with Crippen molar-refractivity contribution in [1.29, 1.82) is 0 Å². The van der Waals surface area contributed by atoms with Crippen LogP contribution in [0.15, 0.2) is 43.4 Å². The van der Waals surface area contributed by atoms with Crippen molar-refractivity contribution < 1.29 is 4.79 Å². The Morgan fingerprint density at radius 2 is 2.24 bits per heavy atom. The van der Waals surface area contributed by atoms with E-state index in [1.165, 1.54) is 6.33 Å². The third-order valence-corrected chi connectivity index (χ3v) is 4.43. The van der Waals surface area contributed by atoms with Gasteiger partial charge in [-0.25, -0.2) is 14.6 Å². The highest BCUT2D eigenvalue weighted by atomic mass is 16.2. The molecule has 0 radical (unpaired) electrons. The fraction of sp³-hybridized carbons (Fsp3) is 0.353. The first-order chi connectivity index (χ1) is 12.2. The van der Waals surface area contributed by atoms with Gasteiger partial charge in [0.25, 0.3) is 5.91 Å². The summed E-state index contributed by atoms with van der Waals surface area (Å²) in [6.45, 7) is 3.45. The molecule has 0 aliphatic carbocycles. The molecule has 1 saturated heterocycles. The second-order valence-electron chi connectivity index (χ2n) is 6.29. The van der Waals surface area contributed by atoms with Crippen LogP contribution in [-0.4, -0.2) is 53.4 Å². The molecule has 0 N–H and O–H groups in total. The van der Waals surface area contributed by atoms with Gasteiger partial charge in [0.1, 0.15) is 12.7 Å². The second-order valence-corrected chi connectivity index (χ2v) is 6.29. The first-order valence-corrected chi connectivity index (χ1v) is 8.32. The Bertz CT molecular complexity index is 871. The van der Waals surface area contributed by atoms with Gasteiger partial charge >= 0.3 is 0 Å². The van der Waals surface area contributed by atoms with Crippen molar-refractivity contribution in [3.63, 3.8) is 0 Å². The Hall–Kier alpha value is -3.03. The number of pyridine rings is 1. The summed E-state index contributed by atoms with van der Waals surface area (Å²) in [5.74, 6) is 0.594. The predicted molar refractivity (Wildman–Crippen MR) is 90.3 cm³/mol. The summed E-state index contributed by atoms with van der Waals surface area (Å²) in [5, 5.41) is 8.46. The molecule has 1 atom stereocenters. The maximum Gasteiger partial charge on any atom is 0.254 e. The standard InChI is InChI=1S/C17H19N7O/c1-13-8-20-23(9-13)15-3-2-6-22(10-15)17(25)14-4-5-19-16(7-14)24-12-18-11-21-24/h4-5,7-9,11-12,15H,2-3,6,10H2,1H3/t15-/m0/s1. The smallest absolute Gasteiger partial charge is 0.254 e. The number of hydrogen-bond acceptors (Lipinski definition) is 5. The number of nitrogens with zero attached hydrogens (tertiary/aromatic N) is 7. The van der Waals surface area contributed by atoms with E-state index in [0.717, 1.165) is 24.9 Å². The normalized spacial score (nSPS) is 17.6. The van der Waals surface area contributed by atoms with E-state index in [4.69, 9.17) is 0 Å². The van der Waals surface area contributed by atoms with E-state index in [1.807, 2.05) is 28.9 Å². The first-order valence-electron chi connectivity index (χ1n) is 8.32. The van der Waals surface area contributed by atoms with E-state index in [-0.39, 0.29) is 11.9 Å². The van der Waals surface area contributed by atoms with Gasteiger partial charge in [-0.2, -0.15) is 10.2 Å². The molecular formula is C17H19N7O. The average Bonchev–Trinajstić information content (AvgIpc) is 3.33. The number of aromatic nitrogens is 6. The fourth-order valence-corrected chi connectivity index (χ4v) is 3.17. The number of amides is 1. The molecule has 1 aliphatic rings. The molecule has 3 aromatic heterocycles. The van der Waals surface area contributed by atoms with Crippen LogP contribution in [0.4, 0.5) is 0 Å². The van der Waals surface area contributed by atoms with Crippen molar-refractivity contribution in [3.8, 4) is 5.82 Å². The Kier molecular flexibility index (Phi) is 4.01. The van der Waals surface area contributed by atoms with Gasteiger partial charge in [0.15, 0.2) is 5.82 Å². The second kappa shape index (κ2) is 6.46. The molecule has 1 fully saturated rings. The zero-order valence-electron chi connectivity index (χ0n) is 14.0. The van der Waals surface area contributed by atoms with E-state index in [9.17, 15) is 4.79 Å². The minimum atomic E-state index is 0.0114. The predicted octanol–water partition coefficient (Wildman–Crippen LogP) is 1.64. The van der Waals surface area contributed by atoms with Crippen molar-refractivity contribution in [2.75, 3.05) is 13.1 Å². The molecule has 1 aliphatic heterocycles. The van der Waals surface area contributed by atoms with Gasteiger partial charge in [0.2, 0.25) is 0 Å². The van der Waals surface area contributed by atoms with Crippen LogP contribution >= 0.6 is 0 Å². The van der Waals surface area contributed by atoms with Gasteiger partial charge in [-0.15, -0.1) is 0 Å². The van der Waals surface area contributed by atoms with Gasteiger partial charge in [0, 0.05) is 31.0 Å². The Balaban J connectivity index is 1.53. The molecule has 4 heterocycles. The van der Waals surface area contributed by atoms with E-state index < -0.39 is 0 Å². The molecule has 0 aromatic carbocycles. The first kappa shape index (κ1) is 15.5. The lowest BCUT2D eigenvalue weighted by Crippen LogP contribution is -2.40. The lowest BCUT2D eigenvalue weighted by molar-refractivity contribution is 0.0673. The van der Waals surface area contributed by atoms with E-state index >= 15 is 0 Å². The van der Waals surface area contributed by atoms with Crippen LogP contribution in [0.2, 0.25) is 0 Å². The number of likely N-dealkylation sites (tertiary alicyclic amines) is 1. The van der Waals surface area contributed by atoms with Crippen LogP contribution in [0.3, 0.4) is 0 Å². The molecule has 8 heteroatoms. The number of aryl methyl sites for hydroxylation is 1. The molecule has 8 nitrogen and oxygen atoms in total. The molecule has 0 saturated carbocycles. The molecule has 128 valence electrons. The van der Waals surface area contributed by atoms with Gasteiger partial charge in [0.05, 0.1) is 12.2 Å². The highest BCUT2D eigenvalue weighted by Gasteiger charge is 2.26. The number of carbonyl (C=O) groups excluding carboxylic acids is 1. The largest absolute Gasteiger partial charge is 0.336 e. The zero-order valence-corrected chi connectivity index (χ0v) is 14.0. The SMILES string of the molecule is Cc1cnn([C@H]2CCCN(C(=O)c3ccnc(-n4cncn4)c3)C2)c1.